The Bertz CT molecular complexity index is 839. The van der Waals surface area contributed by atoms with E-state index in [0.29, 0.717) is 0 Å². The number of benzene rings is 1. The molecule has 1 atom stereocenters. The molecule has 1 saturated heterocycles. The van der Waals surface area contributed by atoms with Crippen molar-refractivity contribution in [2.75, 3.05) is 26.7 Å². The van der Waals surface area contributed by atoms with E-state index in [4.69, 9.17) is 0 Å². The quantitative estimate of drug-likeness (QED) is 0.712. The number of rotatable bonds is 8. The first-order chi connectivity index (χ1) is 13.6. The summed E-state index contributed by atoms with van der Waals surface area (Å²) in [7, 11) is 2.23. The van der Waals surface area contributed by atoms with Gasteiger partial charge in [0.15, 0.2) is 0 Å². The Morgan fingerprint density at radius 1 is 1.18 bits per heavy atom. The van der Waals surface area contributed by atoms with Crippen LogP contribution < -0.4 is 5.32 Å². The van der Waals surface area contributed by atoms with E-state index in [1.807, 2.05) is 6.07 Å². The highest BCUT2D eigenvalue weighted by atomic mass is 15.1. The van der Waals surface area contributed by atoms with Crippen LogP contribution in [0, 0.1) is 25.2 Å². The molecule has 148 valence electrons. The van der Waals surface area contributed by atoms with Gasteiger partial charge in [0.05, 0.1) is 5.69 Å². The lowest BCUT2D eigenvalue weighted by atomic mass is 10.0. The molecule has 1 aromatic carbocycles. The lowest BCUT2D eigenvalue weighted by Crippen LogP contribution is -2.29. The highest BCUT2D eigenvalue weighted by Crippen LogP contribution is 2.21. The van der Waals surface area contributed by atoms with Crippen molar-refractivity contribution >= 4 is 0 Å². The van der Waals surface area contributed by atoms with Gasteiger partial charge in [0.25, 0.3) is 0 Å². The van der Waals surface area contributed by atoms with Gasteiger partial charge in [0, 0.05) is 17.3 Å². The predicted molar refractivity (Wildman–Crippen MR) is 113 cm³/mol. The zero-order valence-electron chi connectivity index (χ0n) is 17.3. The Morgan fingerprint density at radius 2 is 2.04 bits per heavy atom. The molecule has 0 bridgehead atoms. The SMILES string of the molecule is Cc1ccc(-c2cc(CCCNCCC3CCCN3C)nc(C#N)n2)cc1C. The molecule has 2 heterocycles. The maximum absolute atomic E-state index is 9.31. The number of nitrogens with zero attached hydrogens (tertiary/aromatic N) is 4. The maximum Gasteiger partial charge on any atom is 0.232 e. The van der Waals surface area contributed by atoms with Crippen LogP contribution in [0.4, 0.5) is 0 Å². The van der Waals surface area contributed by atoms with Gasteiger partial charge in [-0.05, 0) is 95.9 Å². The lowest BCUT2D eigenvalue weighted by Gasteiger charge is -2.19. The van der Waals surface area contributed by atoms with Crippen LogP contribution >= 0.6 is 0 Å². The van der Waals surface area contributed by atoms with Crippen molar-refractivity contribution in [3.05, 3.63) is 46.9 Å². The van der Waals surface area contributed by atoms with Gasteiger partial charge in [0.2, 0.25) is 5.82 Å². The molecule has 1 fully saturated rings. The fourth-order valence-electron chi connectivity index (χ4n) is 3.86. The van der Waals surface area contributed by atoms with Crippen molar-refractivity contribution in [1.82, 2.24) is 20.2 Å². The maximum atomic E-state index is 9.31. The summed E-state index contributed by atoms with van der Waals surface area (Å²) in [4.78, 5) is 11.3. The molecule has 1 aromatic heterocycles. The highest BCUT2D eigenvalue weighted by Gasteiger charge is 2.19. The van der Waals surface area contributed by atoms with Gasteiger partial charge < -0.3 is 10.2 Å². The number of aromatic nitrogens is 2. The molecule has 1 N–H and O–H groups in total. The molecule has 1 aliphatic rings. The fourth-order valence-corrected chi connectivity index (χ4v) is 3.86. The van der Waals surface area contributed by atoms with Crippen molar-refractivity contribution in [3.8, 4) is 17.3 Å². The van der Waals surface area contributed by atoms with E-state index < -0.39 is 0 Å². The molecular formula is C23H31N5. The van der Waals surface area contributed by atoms with E-state index in [1.165, 1.54) is 36.9 Å². The van der Waals surface area contributed by atoms with Crippen LogP contribution in [-0.2, 0) is 6.42 Å². The first-order valence-electron chi connectivity index (χ1n) is 10.3. The van der Waals surface area contributed by atoms with Gasteiger partial charge in [0.1, 0.15) is 6.07 Å². The molecule has 5 nitrogen and oxygen atoms in total. The van der Waals surface area contributed by atoms with E-state index >= 15 is 0 Å². The molecular weight excluding hydrogens is 346 g/mol. The van der Waals surface area contributed by atoms with Crippen LogP contribution in [0.15, 0.2) is 24.3 Å². The van der Waals surface area contributed by atoms with Crippen LogP contribution in [-0.4, -0.2) is 47.6 Å². The van der Waals surface area contributed by atoms with Crippen molar-refractivity contribution in [2.24, 2.45) is 0 Å². The van der Waals surface area contributed by atoms with Gasteiger partial charge in [-0.25, -0.2) is 9.97 Å². The summed E-state index contributed by atoms with van der Waals surface area (Å²) in [5, 5.41) is 12.9. The molecule has 0 spiro atoms. The summed E-state index contributed by atoms with van der Waals surface area (Å²) in [6.45, 7) is 7.48. The minimum absolute atomic E-state index is 0.253. The minimum atomic E-state index is 0.253. The normalized spacial score (nSPS) is 17.0. The van der Waals surface area contributed by atoms with Crippen molar-refractivity contribution in [1.29, 1.82) is 5.26 Å². The zero-order valence-corrected chi connectivity index (χ0v) is 17.3. The molecule has 0 aliphatic carbocycles. The van der Waals surface area contributed by atoms with Gasteiger partial charge in [-0.15, -0.1) is 0 Å². The molecule has 0 amide bonds. The van der Waals surface area contributed by atoms with Gasteiger partial charge in [-0.1, -0.05) is 12.1 Å². The van der Waals surface area contributed by atoms with Gasteiger partial charge in [-0.2, -0.15) is 5.26 Å². The third-order valence-corrected chi connectivity index (χ3v) is 5.79. The molecule has 3 rings (SSSR count). The molecule has 1 aliphatic heterocycles. The number of likely N-dealkylation sites (tertiary alicyclic amines) is 1. The van der Waals surface area contributed by atoms with Crippen LogP contribution in [0.5, 0.6) is 0 Å². The summed E-state index contributed by atoms with van der Waals surface area (Å²) in [6.07, 6.45) is 5.75. The van der Waals surface area contributed by atoms with E-state index in [1.54, 1.807) is 0 Å². The minimum Gasteiger partial charge on any atom is -0.317 e. The van der Waals surface area contributed by atoms with E-state index in [-0.39, 0.29) is 5.82 Å². The molecule has 1 unspecified atom stereocenters. The molecule has 0 saturated carbocycles. The largest absolute Gasteiger partial charge is 0.317 e. The average Bonchev–Trinajstić information content (AvgIpc) is 3.11. The second kappa shape index (κ2) is 9.77. The first kappa shape index (κ1) is 20.4. The number of hydrogen-bond acceptors (Lipinski definition) is 5. The van der Waals surface area contributed by atoms with Gasteiger partial charge in [-0.3, -0.25) is 0 Å². The number of hydrogen-bond donors (Lipinski definition) is 1. The van der Waals surface area contributed by atoms with E-state index in [2.05, 4.69) is 65.3 Å². The third-order valence-electron chi connectivity index (χ3n) is 5.79. The predicted octanol–water partition coefficient (Wildman–Crippen LogP) is 3.64. The first-order valence-corrected chi connectivity index (χ1v) is 10.3. The van der Waals surface area contributed by atoms with Crippen molar-refractivity contribution in [3.63, 3.8) is 0 Å². The van der Waals surface area contributed by atoms with Crippen molar-refractivity contribution in [2.45, 2.75) is 52.0 Å². The summed E-state index contributed by atoms with van der Waals surface area (Å²) in [5.41, 5.74) is 5.31. The number of nitriles is 1. The Morgan fingerprint density at radius 3 is 2.75 bits per heavy atom. The standard InChI is InChI=1S/C23H31N5/c1-17-8-9-19(14-18(17)2)22-15-20(26-23(16-24)27-22)6-4-11-25-12-10-21-7-5-13-28(21)3/h8-9,14-15,21,25H,4-7,10-13H2,1-3H3. The third kappa shape index (κ3) is 5.37. The summed E-state index contributed by atoms with van der Waals surface area (Å²) in [6, 6.07) is 11.2. The summed E-state index contributed by atoms with van der Waals surface area (Å²) >= 11 is 0. The van der Waals surface area contributed by atoms with Crippen LogP contribution in [0.25, 0.3) is 11.3 Å². The monoisotopic (exact) mass is 377 g/mol. The molecule has 5 heteroatoms. The molecule has 2 aromatic rings. The number of aryl methyl sites for hydroxylation is 3. The van der Waals surface area contributed by atoms with E-state index in [9.17, 15) is 5.26 Å². The Labute approximate surface area is 168 Å². The Balaban J connectivity index is 1.53. The zero-order chi connectivity index (χ0) is 19.9. The summed E-state index contributed by atoms with van der Waals surface area (Å²) < 4.78 is 0. The second-order valence-electron chi connectivity index (χ2n) is 7.90. The highest BCUT2D eigenvalue weighted by molar-refractivity contribution is 5.61. The fraction of sp³-hybridized carbons (Fsp3) is 0.522. The molecule has 0 radical (unpaired) electrons. The van der Waals surface area contributed by atoms with Crippen molar-refractivity contribution < 1.29 is 0 Å². The lowest BCUT2D eigenvalue weighted by molar-refractivity contribution is 0.293. The Kier molecular flexibility index (Phi) is 7.13. The molecule has 28 heavy (non-hydrogen) atoms. The number of nitrogens with one attached hydrogen (secondary N) is 1. The van der Waals surface area contributed by atoms with Crippen LogP contribution in [0.3, 0.4) is 0 Å². The second-order valence-corrected chi connectivity index (χ2v) is 7.90. The van der Waals surface area contributed by atoms with Gasteiger partial charge >= 0.3 is 0 Å². The van der Waals surface area contributed by atoms with Crippen LogP contribution in [0.1, 0.15) is 48.3 Å². The van der Waals surface area contributed by atoms with Crippen LogP contribution in [0.2, 0.25) is 0 Å². The smallest absolute Gasteiger partial charge is 0.232 e. The summed E-state index contributed by atoms with van der Waals surface area (Å²) in [5.74, 6) is 0.253. The van der Waals surface area contributed by atoms with E-state index in [0.717, 1.165) is 48.9 Å². The average molecular weight is 378 g/mol. The Hall–Kier alpha value is -2.29. The topological polar surface area (TPSA) is 64.8 Å².